The molecule has 1 aromatic rings. The number of hydrogen-bond donors (Lipinski definition) is 2. The largest absolute Gasteiger partial charge is 0.480 e. The SMILES string of the molecule is Cc1cc(C)c(NC(=O)COCC(=O)O)c(Br)c1. The first-order valence-corrected chi connectivity index (χ1v) is 6.05. The molecule has 0 heterocycles. The number of carbonyl (C=O) groups is 2. The summed E-state index contributed by atoms with van der Waals surface area (Å²) in [7, 11) is 0. The summed E-state index contributed by atoms with van der Waals surface area (Å²) in [5, 5.41) is 11.0. The summed E-state index contributed by atoms with van der Waals surface area (Å²) in [5.41, 5.74) is 2.68. The van der Waals surface area contributed by atoms with Crippen molar-refractivity contribution in [1.29, 1.82) is 0 Å². The summed E-state index contributed by atoms with van der Waals surface area (Å²) in [6.07, 6.45) is 0. The van der Waals surface area contributed by atoms with Crippen LogP contribution in [-0.2, 0) is 14.3 Å². The second kappa shape index (κ2) is 6.51. The molecule has 2 N–H and O–H groups in total. The summed E-state index contributed by atoms with van der Waals surface area (Å²) in [6, 6.07) is 3.83. The number of aryl methyl sites for hydroxylation is 2. The van der Waals surface area contributed by atoms with Crippen LogP contribution in [-0.4, -0.2) is 30.2 Å². The number of benzene rings is 1. The molecule has 0 aliphatic rings. The molecule has 0 bridgehead atoms. The molecule has 1 amide bonds. The molecule has 0 aromatic heterocycles. The van der Waals surface area contributed by atoms with Gasteiger partial charge in [0.15, 0.2) is 0 Å². The van der Waals surface area contributed by atoms with E-state index in [2.05, 4.69) is 21.2 Å². The highest BCUT2D eigenvalue weighted by molar-refractivity contribution is 9.10. The number of ether oxygens (including phenoxy) is 1. The van der Waals surface area contributed by atoms with Crippen molar-refractivity contribution in [2.75, 3.05) is 18.5 Å². The molecule has 98 valence electrons. The van der Waals surface area contributed by atoms with E-state index in [1.165, 1.54) is 0 Å². The van der Waals surface area contributed by atoms with Crippen molar-refractivity contribution < 1.29 is 19.4 Å². The maximum atomic E-state index is 11.5. The molecule has 1 rings (SSSR count). The van der Waals surface area contributed by atoms with Crippen LogP contribution in [0.3, 0.4) is 0 Å². The van der Waals surface area contributed by atoms with Gasteiger partial charge in [-0.15, -0.1) is 0 Å². The predicted molar refractivity (Wildman–Crippen MR) is 70.7 cm³/mol. The number of anilines is 1. The molecule has 0 fully saturated rings. The molecule has 0 saturated heterocycles. The average Bonchev–Trinajstić information content (AvgIpc) is 2.22. The van der Waals surface area contributed by atoms with Crippen molar-refractivity contribution in [3.05, 3.63) is 27.7 Å². The van der Waals surface area contributed by atoms with E-state index in [0.717, 1.165) is 15.6 Å². The number of carboxylic acids is 1. The molecule has 0 saturated carbocycles. The summed E-state index contributed by atoms with van der Waals surface area (Å²) in [4.78, 5) is 21.8. The molecule has 1 aromatic carbocycles. The fourth-order valence-corrected chi connectivity index (χ4v) is 2.25. The number of hydrogen-bond acceptors (Lipinski definition) is 3. The quantitative estimate of drug-likeness (QED) is 0.872. The van der Waals surface area contributed by atoms with Crippen LogP contribution in [0.25, 0.3) is 0 Å². The molecule has 0 radical (unpaired) electrons. The molecular formula is C12H14BrNO4. The lowest BCUT2D eigenvalue weighted by atomic mass is 10.1. The van der Waals surface area contributed by atoms with Gasteiger partial charge in [-0.05, 0) is 47.0 Å². The molecule has 0 aliphatic heterocycles. The summed E-state index contributed by atoms with van der Waals surface area (Å²) >= 11 is 3.37. The Morgan fingerprint density at radius 1 is 1.33 bits per heavy atom. The Balaban J connectivity index is 2.62. The van der Waals surface area contributed by atoms with E-state index in [1.54, 1.807) is 0 Å². The van der Waals surface area contributed by atoms with Gasteiger partial charge in [-0.2, -0.15) is 0 Å². The predicted octanol–water partition coefficient (Wildman–Crippen LogP) is 2.11. The van der Waals surface area contributed by atoms with Crippen LogP contribution in [0.2, 0.25) is 0 Å². The Bertz CT molecular complexity index is 450. The zero-order valence-corrected chi connectivity index (χ0v) is 11.7. The van der Waals surface area contributed by atoms with Crippen LogP contribution in [0.5, 0.6) is 0 Å². The topological polar surface area (TPSA) is 75.6 Å². The highest BCUT2D eigenvalue weighted by Gasteiger charge is 2.09. The zero-order valence-electron chi connectivity index (χ0n) is 10.1. The van der Waals surface area contributed by atoms with Crippen LogP contribution in [0, 0.1) is 13.8 Å². The van der Waals surface area contributed by atoms with E-state index in [1.807, 2.05) is 26.0 Å². The van der Waals surface area contributed by atoms with Crippen LogP contribution in [0.1, 0.15) is 11.1 Å². The Morgan fingerprint density at radius 3 is 2.56 bits per heavy atom. The first-order chi connectivity index (χ1) is 8.40. The fraction of sp³-hybridized carbons (Fsp3) is 0.333. The molecule has 6 heteroatoms. The Kier molecular flexibility index (Phi) is 5.30. The Hall–Kier alpha value is -1.40. The minimum Gasteiger partial charge on any atom is -0.480 e. The van der Waals surface area contributed by atoms with Crippen molar-refractivity contribution in [2.45, 2.75) is 13.8 Å². The number of carboxylic acid groups (broad SMARTS) is 1. The Labute approximate surface area is 113 Å². The van der Waals surface area contributed by atoms with E-state index < -0.39 is 12.6 Å². The van der Waals surface area contributed by atoms with Crippen LogP contribution in [0.4, 0.5) is 5.69 Å². The van der Waals surface area contributed by atoms with Crippen LogP contribution in [0.15, 0.2) is 16.6 Å². The van der Waals surface area contributed by atoms with Crippen molar-refractivity contribution >= 4 is 33.5 Å². The standard InChI is InChI=1S/C12H14BrNO4/c1-7-3-8(2)12(9(13)4-7)14-10(15)5-18-6-11(16)17/h3-4H,5-6H2,1-2H3,(H,14,15)(H,16,17). The first-order valence-electron chi connectivity index (χ1n) is 5.26. The van der Waals surface area contributed by atoms with Gasteiger partial charge in [0.2, 0.25) is 5.91 Å². The normalized spacial score (nSPS) is 10.2. The van der Waals surface area contributed by atoms with E-state index in [0.29, 0.717) is 5.69 Å². The second-order valence-corrected chi connectivity index (χ2v) is 4.73. The van der Waals surface area contributed by atoms with Crippen molar-refractivity contribution in [3.8, 4) is 0 Å². The van der Waals surface area contributed by atoms with Gasteiger partial charge < -0.3 is 15.2 Å². The first kappa shape index (κ1) is 14.7. The van der Waals surface area contributed by atoms with Gasteiger partial charge in [-0.1, -0.05) is 6.07 Å². The van der Waals surface area contributed by atoms with Gasteiger partial charge >= 0.3 is 5.97 Å². The van der Waals surface area contributed by atoms with Crippen LogP contribution >= 0.6 is 15.9 Å². The molecule has 18 heavy (non-hydrogen) atoms. The molecule has 5 nitrogen and oxygen atoms in total. The fourth-order valence-electron chi connectivity index (χ4n) is 1.48. The number of halogens is 1. The third-order valence-corrected chi connectivity index (χ3v) is 2.78. The molecule has 0 aliphatic carbocycles. The lowest BCUT2D eigenvalue weighted by Crippen LogP contribution is -2.21. The molecule has 0 spiro atoms. The lowest BCUT2D eigenvalue weighted by Gasteiger charge is -2.11. The highest BCUT2D eigenvalue weighted by atomic mass is 79.9. The second-order valence-electron chi connectivity index (χ2n) is 3.87. The molecule has 0 atom stereocenters. The number of aliphatic carboxylic acids is 1. The number of rotatable bonds is 5. The molecule has 0 unspecified atom stereocenters. The minimum atomic E-state index is -1.10. The Morgan fingerprint density at radius 2 is 2.00 bits per heavy atom. The van der Waals surface area contributed by atoms with E-state index in [9.17, 15) is 9.59 Å². The summed E-state index contributed by atoms with van der Waals surface area (Å²) < 4.78 is 5.49. The van der Waals surface area contributed by atoms with Crippen molar-refractivity contribution in [2.24, 2.45) is 0 Å². The number of carbonyl (C=O) groups excluding carboxylic acids is 1. The maximum Gasteiger partial charge on any atom is 0.329 e. The smallest absolute Gasteiger partial charge is 0.329 e. The van der Waals surface area contributed by atoms with Gasteiger partial charge in [0.05, 0.1) is 5.69 Å². The number of amides is 1. The van der Waals surface area contributed by atoms with E-state index >= 15 is 0 Å². The van der Waals surface area contributed by atoms with Crippen LogP contribution < -0.4 is 5.32 Å². The van der Waals surface area contributed by atoms with Gasteiger partial charge in [-0.25, -0.2) is 4.79 Å². The van der Waals surface area contributed by atoms with E-state index in [-0.39, 0.29) is 12.5 Å². The van der Waals surface area contributed by atoms with Gasteiger partial charge in [0.1, 0.15) is 13.2 Å². The summed E-state index contributed by atoms with van der Waals surface area (Å²) in [6.45, 7) is 3.07. The molecular weight excluding hydrogens is 302 g/mol. The lowest BCUT2D eigenvalue weighted by molar-refractivity contribution is -0.143. The van der Waals surface area contributed by atoms with Gasteiger partial charge in [0, 0.05) is 4.47 Å². The third kappa shape index (κ3) is 4.46. The monoisotopic (exact) mass is 315 g/mol. The third-order valence-electron chi connectivity index (χ3n) is 2.15. The van der Waals surface area contributed by atoms with E-state index in [4.69, 9.17) is 9.84 Å². The highest BCUT2D eigenvalue weighted by Crippen LogP contribution is 2.27. The zero-order chi connectivity index (χ0) is 13.7. The van der Waals surface area contributed by atoms with Gasteiger partial charge in [0.25, 0.3) is 0 Å². The van der Waals surface area contributed by atoms with Crippen molar-refractivity contribution in [3.63, 3.8) is 0 Å². The average molecular weight is 316 g/mol. The minimum absolute atomic E-state index is 0.286. The summed E-state index contributed by atoms with van der Waals surface area (Å²) in [5.74, 6) is -1.49. The van der Waals surface area contributed by atoms with Crippen molar-refractivity contribution in [1.82, 2.24) is 0 Å². The number of nitrogens with one attached hydrogen (secondary N) is 1. The maximum absolute atomic E-state index is 11.5. The van der Waals surface area contributed by atoms with Gasteiger partial charge in [-0.3, -0.25) is 4.79 Å².